The molecule has 0 aromatic heterocycles. The van der Waals surface area contributed by atoms with Gasteiger partial charge >= 0.3 is 0 Å². The lowest BCUT2D eigenvalue weighted by molar-refractivity contribution is 0.479. The first-order valence-electron chi connectivity index (χ1n) is 5.94. The van der Waals surface area contributed by atoms with Gasteiger partial charge < -0.3 is 5.32 Å². The molecule has 1 N–H and O–H groups in total. The predicted molar refractivity (Wildman–Crippen MR) is 65.2 cm³/mol. The van der Waals surface area contributed by atoms with E-state index in [1.165, 1.54) is 17.7 Å². The van der Waals surface area contributed by atoms with Gasteiger partial charge in [-0.25, -0.2) is 4.39 Å². The molecule has 2 aliphatic rings. The minimum Gasteiger partial charge on any atom is -0.307 e. The molecule has 1 aliphatic carbocycles. The van der Waals surface area contributed by atoms with Crippen LogP contribution < -0.4 is 5.32 Å². The van der Waals surface area contributed by atoms with E-state index in [2.05, 4.69) is 12.2 Å². The summed E-state index contributed by atoms with van der Waals surface area (Å²) in [6.45, 7) is 2.25. The van der Waals surface area contributed by atoms with Crippen LogP contribution in [-0.2, 0) is 0 Å². The lowest BCUT2D eigenvalue weighted by Crippen LogP contribution is -2.28. The smallest absolute Gasteiger partial charge is 0.123 e. The maximum absolute atomic E-state index is 13.3. The average molecular weight is 237 g/mol. The highest BCUT2D eigenvalue weighted by atomic mass is 32.2. The largest absolute Gasteiger partial charge is 0.307 e. The van der Waals surface area contributed by atoms with Crippen LogP contribution in [-0.4, -0.2) is 11.3 Å². The number of hydrogen-bond acceptors (Lipinski definition) is 2. The standard InChI is InChI=1S/C13H16FNS/c1-8-6-12(15-10-3-4-10)11-7-9(14)2-5-13(11)16-8/h2,5,7-8,10,12,15H,3-4,6H2,1H3. The molecule has 0 radical (unpaired) electrons. The average Bonchev–Trinajstić information content (AvgIpc) is 3.03. The number of fused-ring (bicyclic) bond motifs is 1. The van der Waals surface area contributed by atoms with E-state index in [9.17, 15) is 4.39 Å². The Morgan fingerprint density at radius 1 is 1.38 bits per heavy atom. The van der Waals surface area contributed by atoms with Gasteiger partial charge in [-0.2, -0.15) is 0 Å². The van der Waals surface area contributed by atoms with E-state index in [-0.39, 0.29) is 5.82 Å². The Morgan fingerprint density at radius 3 is 2.94 bits per heavy atom. The third kappa shape index (κ3) is 2.11. The quantitative estimate of drug-likeness (QED) is 0.845. The van der Waals surface area contributed by atoms with Crippen LogP contribution in [0.4, 0.5) is 4.39 Å². The van der Waals surface area contributed by atoms with E-state index >= 15 is 0 Å². The number of nitrogens with one attached hydrogen (secondary N) is 1. The fourth-order valence-corrected chi connectivity index (χ4v) is 3.52. The number of hydrogen-bond donors (Lipinski definition) is 1. The summed E-state index contributed by atoms with van der Waals surface area (Å²) < 4.78 is 13.3. The zero-order chi connectivity index (χ0) is 11.1. The van der Waals surface area contributed by atoms with Crippen molar-refractivity contribution in [1.29, 1.82) is 0 Å². The molecule has 0 spiro atoms. The molecule has 86 valence electrons. The molecule has 2 atom stereocenters. The molecule has 0 amide bonds. The Bertz CT molecular complexity index is 403. The van der Waals surface area contributed by atoms with Crippen LogP contribution in [0.5, 0.6) is 0 Å². The zero-order valence-electron chi connectivity index (χ0n) is 9.37. The Balaban J connectivity index is 1.91. The minimum absolute atomic E-state index is 0.114. The minimum atomic E-state index is -0.114. The molecule has 1 aliphatic heterocycles. The van der Waals surface area contributed by atoms with E-state index in [0.29, 0.717) is 17.3 Å². The van der Waals surface area contributed by atoms with Gasteiger partial charge in [-0.05, 0) is 43.0 Å². The highest BCUT2D eigenvalue weighted by Crippen LogP contribution is 2.42. The number of benzene rings is 1. The lowest BCUT2D eigenvalue weighted by atomic mass is 10.0. The van der Waals surface area contributed by atoms with Gasteiger partial charge in [0.05, 0.1) is 0 Å². The Morgan fingerprint density at radius 2 is 2.19 bits per heavy atom. The first-order chi connectivity index (χ1) is 7.72. The molecule has 0 saturated heterocycles. The van der Waals surface area contributed by atoms with Crippen molar-refractivity contribution in [2.75, 3.05) is 0 Å². The molecule has 1 aromatic carbocycles. The third-order valence-electron chi connectivity index (χ3n) is 3.26. The summed E-state index contributed by atoms with van der Waals surface area (Å²) in [7, 11) is 0. The van der Waals surface area contributed by atoms with Crippen LogP contribution in [0.25, 0.3) is 0 Å². The van der Waals surface area contributed by atoms with Crippen molar-refractivity contribution in [2.24, 2.45) is 0 Å². The van der Waals surface area contributed by atoms with Crippen molar-refractivity contribution in [1.82, 2.24) is 5.32 Å². The van der Waals surface area contributed by atoms with Crippen molar-refractivity contribution >= 4 is 11.8 Å². The van der Waals surface area contributed by atoms with Crippen LogP contribution in [0.15, 0.2) is 23.1 Å². The van der Waals surface area contributed by atoms with E-state index in [1.807, 2.05) is 17.8 Å². The fourth-order valence-electron chi connectivity index (χ4n) is 2.32. The molecule has 1 nitrogen and oxygen atoms in total. The SMILES string of the molecule is CC1CC(NC2CC2)c2cc(F)ccc2S1. The maximum atomic E-state index is 13.3. The molecular formula is C13H16FNS. The molecule has 1 heterocycles. The molecule has 2 unspecified atom stereocenters. The van der Waals surface area contributed by atoms with Gasteiger partial charge in [-0.1, -0.05) is 6.92 Å². The Labute approximate surface area is 99.8 Å². The van der Waals surface area contributed by atoms with Gasteiger partial charge in [0.2, 0.25) is 0 Å². The van der Waals surface area contributed by atoms with Gasteiger partial charge in [-0.15, -0.1) is 11.8 Å². The fraction of sp³-hybridized carbons (Fsp3) is 0.538. The first-order valence-corrected chi connectivity index (χ1v) is 6.82. The normalized spacial score (nSPS) is 28.9. The zero-order valence-corrected chi connectivity index (χ0v) is 10.2. The van der Waals surface area contributed by atoms with Crippen molar-refractivity contribution in [2.45, 2.75) is 48.4 Å². The topological polar surface area (TPSA) is 12.0 Å². The molecule has 3 rings (SSSR count). The monoisotopic (exact) mass is 237 g/mol. The van der Waals surface area contributed by atoms with Crippen LogP contribution in [0.1, 0.15) is 37.8 Å². The molecule has 1 saturated carbocycles. The Kier molecular flexibility index (Phi) is 2.68. The summed E-state index contributed by atoms with van der Waals surface area (Å²) in [4.78, 5) is 1.25. The maximum Gasteiger partial charge on any atom is 0.123 e. The van der Waals surface area contributed by atoms with Crippen LogP contribution >= 0.6 is 11.8 Å². The van der Waals surface area contributed by atoms with Crippen molar-refractivity contribution in [3.05, 3.63) is 29.6 Å². The van der Waals surface area contributed by atoms with Gasteiger partial charge in [-0.3, -0.25) is 0 Å². The van der Waals surface area contributed by atoms with Gasteiger partial charge in [0.15, 0.2) is 0 Å². The first kappa shape index (κ1) is 10.6. The predicted octanol–water partition coefficient (Wildman–Crippen LogP) is 3.50. The summed E-state index contributed by atoms with van der Waals surface area (Å²) in [5, 5.41) is 4.25. The van der Waals surface area contributed by atoms with Crippen LogP contribution in [0, 0.1) is 5.82 Å². The van der Waals surface area contributed by atoms with E-state index in [1.54, 1.807) is 12.1 Å². The van der Waals surface area contributed by atoms with E-state index < -0.39 is 0 Å². The van der Waals surface area contributed by atoms with Gasteiger partial charge in [0.1, 0.15) is 5.82 Å². The number of halogens is 1. The number of rotatable bonds is 2. The third-order valence-corrected chi connectivity index (χ3v) is 4.48. The number of thioether (sulfide) groups is 1. The molecule has 0 bridgehead atoms. The molecule has 3 heteroatoms. The summed E-state index contributed by atoms with van der Waals surface area (Å²) in [5.74, 6) is -0.114. The molecule has 16 heavy (non-hydrogen) atoms. The van der Waals surface area contributed by atoms with Gasteiger partial charge in [0.25, 0.3) is 0 Å². The van der Waals surface area contributed by atoms with Crippen molar-refractivity contribution < 1.29 is 4.39 Å². The highest BCUT2D eigenvalue weighted by Gasteiger charge is 2.30. The second-order valence-corrected chi connectivity index (χ2v) is 6.32. The lowest BCUT2D eigenvalue weighted by Gasteiger charge is -2.30. The van der Waals surface area contributed by atoms with Crippen LogP contribution in [0.2, 0.25) is 0 Å². The highest BCUT2D eigenvalue weighted by molar-refractivity contribution is 8.00. The Hall–Kier alpha value is -0.540. The van der Waals surface area contributed by atoms with Crippen molar-refractivity contribution in [3.8, 4) is 0 Å². The van der Waals surface area contributed by atoms with E-state index in [4.69, 9.17) is 0 Å². The summed E-state index contributed by atoms with van der Waals surface area (Å²) >= 11 is 1.87. The van der Waals surface area contributed by atoms with Crippen LogP contribution in [0.3, 0.4) is 0 Å². The summed E-state index contributed by atoms with van der Waals surface area (Å²) in [6.07, 6.45) is 3.67. The second kappa shape index (κ2) is 4.04. The second-order valence-electron chi connectivity index (χ2n) is 4.84. The molecule has 1 fully saturated rings. The molecule has 1 aromatic rings. The van der Waals surface area contributed by atoms with Gasteiger partial charge in [0, 0.05) is 22.2 Å². The molecular weight excluding hydrogens is 221 g/mol. The summed E-state index contributed by atoms with van der Waals surface area (Å²) in [6, 6.07) is 6.23. The summed E-state index contributed by atoms with van der Waals surface area (Å²) in [5.41, 5.74) is 1.16. The van der Waals surface area contributed by atoms with Crippen molar-refractivity contribution in [3.63, 3.8) is 0 Å². The van der Waals surface area contributed by atoms with E-state index in [0.717, 1.165) is 12.0 Å².